The lowest BCUT2D eigenvalue weighted by molar-refractivity contribution is -0.122. The zero-order valence-electron chi connectivity index (χ0n) is 11.5. The first-order valence-corrected chi connectivity index (χ1v) is 6.86. The topological polar surface area (TPSA) is 61.8 Å². The standard InChI is InChI=1S/C13H26N2O3/c1-11(2)18-8-4-6-14-13(17)9-15-7-3-5-12(15)10-16/h11-12,16H,3-10H2,1-2H3,(H,14,17). The summed E-state index contributed by atoms with van der Waals surface area (Å²) in [6.45, 7) is 6.80. The number of ether oxygens (including phenoxy) is 1. The molecule has 0 bridgehead atoms. The van der Waals surface area contributed by atoms with Crippen molar-refractivity contribution in [1.29, 1.82) is 0 Å². The molecule has 1 aliphatic heterocycles. The maximum atomic E-state index is 11.7. The summed E-state index contributed by atoms with van der Waals surface area (Å²) in [5.74, 6) is 0.0416. The Labute approximate surface area is 109 Å². The summed E-state index contributed by atoms with van der Waals surface area (Å²) in [5.41, 5.74) is 0. The molecule has 0 saturated carbocycles. The van der Waals surface area contributed by atoms with Gasteiger partial charge in [-0.25, -0.2) is 0 Å². The summed E-state index contributed by atoms with van der Waals surface area (Å²) in [6, 6.07) is 0.167. The zero-order chi connectivity index (χ0) is 13.4. The van der Waals surface area contributed by atoms with Crippen molar-refractivity contribution in [2.75, 3.05) is 32.8 Å². The summed E-state index contributed by atoms with van der Waals surface area (Å²) < 4.78 is 5.40. The Bertz CT molecular complexity index is 246. The minimum absolute atomic E-state index is 0.0416. The van der Waals surface area contributed by atoms with Gasteiger partial charge in [-0.05, 0) is 39.7 Å². The van der Waals surface area contributed by atoms with Crippen molar-refractivity contribution in [3.8, 4) is 0 Å². The first-order valence-electron chi connectivity index (χ1n) is 6.86. The predicted octanol–water partition coefficient (Wildman–Crippen LogP) is 0.374. The van der Waals surface area contributed by atoms with E-state index in [-0.39, 0.29) is 24.7 Å². The van der Waals surface area contributed by atoms with Gasteiger partial charge in [0.05, 0.1) is 19.3 Å². The molecule has 5 heteroatoms. The van der Waals surface area contributed by atoms with Crippen LogP contribution in [0.4, 0.5) is 0 Å². The van der Waals surface area contributed by atoms with Crippen LogP contribution in [0.3, 0.4) is 0 Å². The van der Waals surface area contributed by atoms with Gasteiger partial charge in [0.1, 0.15) is 0 Å². The molecule has 106 valence electrons. The van der Waals surface area contributed by atoms with Crippen molar-refractivity contribution < 1.29 is 14.6 Å². The number of hydrogen-bond donors (Lipinski definition) is 2. The summed E-state index contributed by atoms with van der Waals surface area (Å²) in [5, 5.41) is 12.0. The number of aliphatic hydroxyl groups is 1. The van der Waals surface area contributed by atoms with Crippen molar-refractivity contribution in [3.63, 3.8) is 0 Å². The number of hydrogen-bond acceptors (Lipinski definition) is 4. The highest BCUT2D eigenvalue weighted by atomic mass is 16.5. The summed E-state index contributed by atoms with van der Waals surface area (Å²) in [4.78, 5) is 13.7. The van der Waals surface area contributed by atoms with E-state index in [0.29, 0.717) is 19.7 Å². The fraction of sp³-hybridized carbons (Fsp3) is 0.923. The highest BCUT2D eigenvalue weighted by Gasteiger charge is 2.25. The smallest absolute Gasteiger partial charge is 0.234 e. The van der Waals surface area contributed by atoms with Crippen molar-refractivity contribution in [1.82, 2.24) is 10.2 Å². The molecule has 1 saturated heterocycles. The monoisotopic (exact) mass is 258 g/mol. The van der Waals surface area contributed by atoms with Crippen LogP contribution in [-0.4, -0.2) is 60.9 Å². The van der Waals surface area contributed by atoms with Gasteiger partial charge in [0.25, 0.3) is 0 Å². The Morgan fingerprint density at radius 3 is 3.00 bits per heavy atom. The number of nitrogens with zero attached hydrogens (tertiary/aromatic N) is 1. The largest absolute Gasteiger partial charge is 0.395 e. The van der Waals surface area contributed by atoms with E-state index < -0.39 is 0 Å². The van der Waals surface area contributed by atoms with Crippen LogP contribution in [0.1, 0.15) is 33.1 Å². The van der Waals surface area contributed by atoms with Gasteiger partial charge in [0.2, 0.25) is 5.91 Å². The molecule has 5 nitrogen and oxygen atoms in total. The molecule has 1 aliphatic rings. The van der Waals surface area contributed by atoms with Gasteiger partial charge in [-0.1, -0.05) is 0 Å². The second-order valence-corrected chi connectivity index (χ2v) is 5.07. The quantitative estimate of drug-likeness (QED) is 0.618. The Morgan fingerprint density at radius 1 is 1.56 bits per heavy atom. The third-order valence-electron chi connectivity index (χ3n) is 3.15. The third kappa shape index (κ3) is 5.80. The first-order chi connectivity index (χ1) is 8.63. The molecular weight excluding hydrogens is 232 g/mol. The average Bonchev–Trinajstić information content (AvgIpc) is 2.75. The van der Waals surface area contributed by atoms with Gasteiger partial charge < -0.3 is 15.2 Å². The van der Waals surface area contributed by atoms with Crippen LogP contribution < -0.4 is 5.32 Å². The number of carbonyl (C=O) groups excluding carboxylic acids is 1. The Hall–Kier alpha value is -0.650. The van der Waals surface area contributed by atoms with Gasteiger partial charge in [0.15, 0.2) is 0 Å². The Balaban J connectivity index is 2.06. The Kier molecular flexibility index (Phi) is 7.23. The molecule has 1 heterocycles. The minimum Gasteiger partial charge on any atom is -0.395 e. The van der Waals surface area contributed by atoms with Crippen LogP contribution >= 0.6 is 0 Å². The number of carbonyl (C=O) groups is 1. The van der Waals surface area contributed by atoms with Crippen LogP contribution in [-0.2, 0) is 9.53 Å². The maximum Gasteiger partial charge on any atom is 0.234 e. The maximum absolute atomic E-state index is 11.7. The molecule has 1 rings (SSSR count). The molecule has 1 fully saturated rings. The number of aliphatic hydroxyl groups excluding tert-OH is 1. The fourth-order valence-corrected chi connectivity index (χ4v) is 2.17. The number of nitrogens with one attached hydrogen (secondary N) is 1. The lowest BCUT2D eigenvalue weighted by Crippen LogP contribution is -2.41. The Morgan fingerprint density at radius 2 is 2.33 bits per heavy atom. The van der Waals surface area contributed by atoms with E-state index in [1.165, 1.54) is 0 Å². The lowest BCUT2D eigenvalue weighted by atomic mass is 10.2. The van der Waals surface area contributed by atoms with Crippen molar-refractivity contribution in [2.45, 2.75) is 45.3 Å². The van der Waals surface area contributed by atoms with E-state index in [1.54, 1.807) is 0 Å². The van der Waals surface area contributed by atoms with Crippen molar-refractivity contribution >= 4 is 5.91 Å². The molecule has 0 spiro atoms. The first kappa shape index (κ1) is 15.4. The molecule has 2 N–H and O–H groups in total. The highest BCUT2D eigenvalue weighted by molar-refractivity contribution is 5.78. The van der Waals surface area contributed by atoms with Gasteiger partial charge in [0, 0.05) is 19.2 Å². The SMILES string of the molecule is CC(C)OCCCNC(=O)CN1CCCC1CO. The third-order valence-corrected chi connectivity index (χ3v) is 3.15. The lowest BCUT2D eigenvalue weighted by Gasteiger charge is -2.21. The molecule has 0 radical (unpaired) electrons. The van der Waals surface area contributed by atoms with Crippen LogP contribution in [0.2, 0.25) is 0 Å². The van der Waals surface area contributed by atoms with Crippen LogP contribution in [0.5, 0.6) is 0 Å². The second kappa shape index (κ2) is 8.45. The molecule has 1 amide bonds. The predicted molar refractivity (Wildman–Crippen MR) is 70.4 cm³/mol. The fourth-order valence-electron chi connectivity index (χ4n) is 2.17. The van der Waals surface area contributed by atoms with Crippen LogP contribution in [0.15, 0.2) is 0 Å². The van der Waals surface area contributed by atoms with Crippen LogP contribution in [0.25, 0.3) is 0 Å². The van der Waals surface area contributed by atoms with E-state index in [4.69, 9.17) is 9.84 Å². The molecule has 1 unspecified atom stereocenters. The molecule has 18 heavy (non-hydrogen) atoms. The molecule has 0 aromatic rings. The number of likely N-dealkylation sites (tertiary alicyclic amines) is 1. The molecular formula is C13H26N2O3. The molecule has 1 atom stereocenters. The summed E-state index contributed by atoms with van der Waals surface area (Å²) >= 11 is 0. The van der Waals surface area contributed by atoms with E-state index in [0.717, 1.165) is 25.8 Å². The highest BCUT2D eigenvalue weighted by Crippen LogP contribution is 2.15. The number of amides is 1. The molecule has 0 aliphatic carbocycles. The van der Waals surface area contributed by atoms with E-state index in [2.05, 4.69) is 10.2 Å². The summed E-state index contributed by atoms with van der Waals surface area (Å²) in [6.07, 6.45) is 3.15. The zero-order valence-corrected chi connectivity index (χ0v) is 11.5. The van der Waals surface area contributed by atoms with Crippen molar-refractivity contribution in [3.05, 3.63) is 0 Å². The van der Waals surface area contributed by atoms with Gasteiger partial charge in [-0.3, -0.25) is 9.69 Å². The van der Waals surface area contributed by atoms with Crippen LogP contribution in [0, 0.1) is 0 Å². The normalized spacial score (nSPS) is 20.6. The molecule has 0 aromatic carbocycles. The van der Waals surface area contributed by atoms with E-state index in [9.17, 15) is 4.79 Å². The van der Waals surface area contributed by atoms with Crippen molar-refractivity contribution in [2.24, 2.45) is 0 Å². The minimum atomic E-state index is 0.0416. The molecule has 0 aromatic heterocycles. The summed E-state index contributed by atoms with van der Waals surface area (Å²) in [7, 11) is 0. The second-order valence-electron chi connectivity index (χ2n) is 5.07. The number of rotatable bonds is 8. The average molecular weight is 258 g/mol. The van der Waals surface area contributed by atoms with E-state index >= 15 is 0 Å². The van der Waals surface area contributed by atoms with Gasteiger partial charge in [-0.15, -0.1) is 0 Å². The van der Waals surface area contributed by atoms with Gasteiger partial charge >= 0.3 is 0 Å². The van der Waals surface area contributed by atoms with Gasteiger partial charge in [-0.2, -0.15) is 0 Å². The van der Waals surface area contributed by atoms with E-state index in [1.807, 2.05) is 13.8 Å².